The van der Waals surface area contributed by atoms with Crippen LogP contribution in [0.15, 0.2) is 16.6 Å². The van der Waals surface area contributed by atoms with E-state index in [-0.39, 0.29) is 16.5 Å². The van der Waals surface area contributed by atoms with E-state index in [1.54, 1.807) is 0 Å². The van der Waals surface area contributed by atoms with Gasteiger partial charge in [0.05, 0.1) is 12.8 Å². The molecule has 1 rings (SSSR count). The maximum Gasteiger partial charge on any atom is 0.286 e. The lowest BCUT2D eigenvalue weighted by Gasteiger charge is -2.00. The second-order valence-electron chi connectivity index (χ2n) is 2.37. The molecule has 1 aromatic carbocycles. The van der Waals surface area contributed by atoms with Crippen molar-refractivity contribution in [2.45, 2.75) is 6.32 Å². The Labute approximate surface area is 83.6 Å². The van der Waals surface area contributed by atoms with Gasteiger partial charge in [0.2, 0.25) is 0 Å². The number of benzene rings is 1. The first-order valence-corrected chi connectivity index (χ1v) is 4.18. The molecule has 66 valence electrons. The maximum absolute atomic E-state index is 13.0. The topological polar surface area (TPSA) is 43.1 Å². The van der Waals surface area contributed by atoms with E-state index in [1.807, 2.05) is 0 Å². The largest absolute Gasteiger partial charge is 0.286 e. The van der Waals surface area contributed by atoms with Gasteiger partial charge in [-0.25, -0.2) is 4.39 Å². The van der Waals surface area contributed by atoms with Crippen LogP contribution in [0.4, 0.5) is 10.1 Å². The van der Waals surface area contributed by atoms with Gasteiger partial charge in [0.25, 0.3) is 5.69 Å². The van der Waals surface area contributed by atoms with E-state index < -0.39 is 10.7 Å². The molecule has 0 amide bonds. The Morgan fingerprint density at radius 3 is 2.69 bits per heavy atom. The monoisotopic (exact) mass is 243 g/mol. The Balaban J connectivity index is 3.33. The molecule has 0 unspecified atom stereocenters. The summed E-state index contributed by atoms with van der Waals surface area (Å²) in [6.07, 6.45) is 0.0744. The van der Waals surface area contributed by atoms with Crippen LogP contribution in [0.5, 0.6) is 0 Å². The molecular formula is C7H4BBrFNO2. The van der Waals surface area contributed by atoms with Gasteiger partial charge in [0.1, 0.15) is 10.3 Å². The molecule has 6 heteroatoms. The minimum Gasteiger partial charge on any atom is -0.258 e. The van der Waals surface area contributed by atoms with E-state index in [0.717, 1.165) is 6.07 Å². The van der Waals surface area contributed by atoms with E-state index in [4.69, 9.17) is 7.85 Å². The zero-order valence-corrected chi connectivity index (χ0v) is 8.04. The number of nitrogens with zero attached hydrogens (tertiary/aromatic N) is 1. The molecule has 0 spiro atoms. The Bertz CT molecular complexity index is 359. The number of hydrogen-bond donors (Lipinski definition) is 0. The van der Waals surface area contributed by atoms with Gasteiger partial charge in [-0.1, -0.05) is 6.32 Å². The van der Waals surface area contributed by atoms with Crippen molar-refractivity contribution >= 4 is 29.5 Å². The fourth-order valence-electron chi connectivity index (χ4n) is 0.880. The fraction of sp³-hybridized carbons (Fsp3) is 0.143. The van der Waals surface area contributed by atoms with Crippen LogP contribution in [-0.4, -0.2) is 12.8 Å². The molecule has 0 aliphatic rings. The van der Waals surface area contributed by atoms with Crippen LogP contribution in [0.1, 0.15) is 5.56 Å². The molecule has 2 radical (unpaired) electrons. The van der Waals surface area contributed by atoms with Crippen molar-refractivity contribution in [1.29, 1.82) is 0 Å². The van der Waals surface area contributed by atoms with Crippen LogP contribution in [0.2, 0.25) is 0 Å². The lowest BCUT2D eigenvalue weighted by atomic mass is 9.96. The lowest BCUT2D eigenvalue weighted by Crippen LogP contribution is -1.95. The van der Waals surface area contributed by atoms with Crippen LogP contribution < -0.4 is 0 Å². The van der Waals surface area contributed by atoms with Gasteiger partial charge >= 0.3 is 0 Å². The molecule has 0 aromatic heterocycles. The standard InChI is InChI=1S/C7H4BBrFNO2/c8-3-4-1-5(10)7(9)6(2-4)11(12)13/h1-2H,3H2. The second kappa shape index (κ2) is 3.87. The Morgan fingerprint density at radius 2 is 2.23 bits per heavy atom. The van der Waals surface area contributed by atoms with Crippen LogP contribution in [0.3, 0.4) is 0 Å². The van der Waals surface area contributed by atoms with Gasteiger partial charge in [-0.15, -0.1) is 0 Å². The third-order valence-corrected chi connectivity index (χ3v) is 2.29. The molecule has 0 bridgehead atoms. The lowest BCUT2D eigenvalue weighted by molar-refractivity contribution is -0.385. The first-order valence-electron chi connectivity index (χ1n) is 3.38. The maximum atomic E-state index is 13.0. The van der Waals surface area contributed by atoms with Gasteiger partial charge in [-0.2, -0.15) is 0 Å². The molecule has 0 N–H and O–H groups in total. The normalized spacial score (nSPS) is 10.0. The Morgan fingerprint density at radius 1 is 1.62 bits per heavy atom. The molecule has 13 heavy (non-hydrogen) atoms. The summed E-state index contributed by atoms with van der Waals surface area (Å²) < 4.78 is 12.8. The highest BCUT2D eigenvalue weighted by molar-refractivity contribution is 9.10. The highest BCUT2D eigenvalue weighted by atomic mass is 79.9. The Kier molecular flexibility index (Phi) is 3.03. The predicted molar refractivity (Wildman–Crippen MR) is 50.2 cm³/mol. The molecule has 3 nitrogen and oxygen atoms in total. The molecule has 0 saturated heterocycles. The number of rotatable bonds is 2. The highest BCUT2D eigenvalue weighted by Crippen LogP contribution is 2.28. The number of halogens is 2. The van der Waals surface area contributed by atoms with Crippen molar-refractivity contribution in [3.63, 3.8) is 0 Å². The molecule has 0 heterocycles. The first kappa shape index (κ1) is 10.2. The summed E-state index contributed by atoms with van der Waals surface area (Å²) in [6, 6.07) is 2.41. The van der Waals surface area contributed by atoms with E-state index >= 15 is 0 Å². The number of hydrogen-bond acceptors (Lipinski definition) is 2. The van der Waals surface area contributed by atoms with Gasteiger partial charge in [-0.05, 0) is 27.6 Å². The van der Waals surface area contributed by atoms with Gasteiger partial charge in [0, 0.05) is 6.07 Å². The minimum atomic E-state index is -0.672. The Hall–Kier alpha value is -0.905. The highest BCUT2D eigenvalue weighted by Gasteiger charge is 2.16. The summed E-state index contributed by atoms with van der Waals surface area (Å²) in [5, 5.41) is 10.4. The molecule has 0 aliphatic heterocycles. The predicted octanol–water partition coefficient (Wildman–Crippen LogP) is 2.16. The molecule has 1 aromatic rings. The van der Waals surface area contributed by atoms with Crippen molar-refractivity contribution in [2.75, 3.05) is 0 Å². The zero-order valence-electron chi connectivity index (χ0n) is 6.46. The van der Waals surface area contributed by atoms with Crippen molar-refractivity contribution in [2.24, 2.45) is 0 Å². The number of nitro benzene ring substituents is 1. The fourth-order valence-corrected chi connectivity index (χ4v) is 1.25. The molecule has 0 aliphatic carbocycles. The molecule has 0 saturated carbocycles. The van der Waals surface area contributed by atoms with Crippen LogP contribution in [0, 0.1) is 15.9 Å². The van der Waals surface area contributed by atoms with Crippen molar-refractivity contribution in [3.8, 4) is 0 Å². The summed E-state index contributed by atoms with van der Waals surface area (Å²) in [4.78, 5) is 9.75. The summed E-state index contributed by atoms with van der Waals surface area (Å²) >= 11 is 2.79. The summed E-state index contributed by atoms with van der Waals surface area (Å²) in [7, 11) is 5.23. The van der Waals surface area contributed by atoms with E-state index in [1.165, 1.54) is 6.07 Å². The van der Waals surface area contributed by atoms with E-state index in [9.17, 15) is 14.5 Å². The quantitative estimate of drug-likeness (QED) is 0.454. The van der Waals surface area contributed by atoms with E-state index in [2.05, 4.69) is 15.9 Å². The smallest absolute Gasteiger partial charge is 0.258 e. The van der Waals surface area contributed by atoms with Crippen molar-refractivity contribution in [1.82, 2.24) is 0 Å². The summed E-state index contributed by atoms with van der Waals surface area (Å²) in [5.41, 5.74) is 0.0906. The third-order valence-electron chi connectivity index (χ3n) is 1.50. The van der Waals surface area contributed by atoms with Gasteiger partial charge in [-0.3, -0.25) is 10.1 Å². The van der Waals surface area contributed by atoms with Gasteiger partial charge < -0.3 is 0 Å². The first-order chi connectivity index (χ1) is 6.06. The third kappa shape index (κ3) is 2.06. The average molecular weight is 244 g/mol. The molecular weight excluding hydrogens is 240 g/mol. The minimum absolute atomic E-state index is 0.0744. The van der Waals surface area contributed by atoms with Crippen LogP contribution in [0.25, 0.3) is 0 Å². The zero-order chi connectivity index (χ0) is 10.0. The van der Waals surface area contributed by atoms with Crippen LogP contribution in [-0.2, 0) is 6.32 Å². The molecule has 0 atom stereocenters. The van der Waals surface area contributed by atoms with Crippen molar-refractivity contribution < 1.29 is 9.31 Å². The van der Waals surface area contributed by atoms with E-state index in [0.29, 0.717) is 5.56 Å². The van der Waals surface area contributed by atoms with Crippen molar-refractivity contribution in [3.05, 3.63) is 38.1 Å². The molecule has 0 fully saturated rings. The SMILES string of the molecule is [B]Cc1cc(F)c(Br)c([N+](=O)[O-])c1. The number of nitro groups is 1. The second-order valence-corrected chi connectivity index (χ2v) is 3.16. The van der Waals surface area contributed by atoms with Gasteiger partial charge in [0.15, 0.2) is 0 Å². The summed E-state index contributed by atoms with van der Waals surface area (Å²) in [5.74, 6) is -0.672. The van der Waals surface area contributed by atoms with Crippen LogP contribution >= 0.6 is 15.9 Å². The average Bonchev–Trinajstić information content (AvgIpc) is 2.09. The summed E-state index contributed by atoms with van der Waals surface area (Å²) in [6.45, 7) is 0.